The quantitative estimate of drug-likeness (QED) is 0.428. The molecule has 4 aromatic rings. The molecule has 0 saturated carbocycles. The molecule has 3 N–H and O–H groups in total. The van der Waals surface area contributed by atoms with Crippen LogP contribution in [0.1, 0.15) is 19.4 Å². The van der Waals surface area contributed by atoms with Gasteiger partial charge in [0.2, 0.25) is 6.41 Å². The molecule has 0 radical (unpaired) electrons. The topological polar surface area (TPSA) is 113 Å². The zero-order valence-electron chi connectivity index (χ0n) is 16.6. The predicted octanol–water partition coefficient (Wildman–Crippen LogP) is 3.25. The van der Waals surface area contributed by atoms with Crippen molar-refractivity contribution in [2.24, 2.45) is 5.92 Å². The highest BCUT2D eigenvalue weighted by atomic mass is 16.3. The van der Waals surface area contributed by atoms with Crippen LogP contribution in [0.3, 0.4) is 0 Å². The zero-order chi connectivity index (χ0) is 21.3. The van der Waals surface area contributed by atoms with Gasteiger partial charge in [0.1, 0.15) is 11.3 Å². The molecule has 0 saturated heterocycles. The third kappa shape index (κ3) is 3.55. The Balaban J connectivity index is 2.02. The Hall–Kier alpha value is -3.94. The number of hydrogen-bond acceptors (Lipinski definition) is 5. The van der Waals surface area contributed by atoms with Crippen LogP contribution in [0.2, 0.25) is 0 Å². The average molecular weight is 403 g/mol. The van der Waals surface area contributed by atoms with Gasteiger partial charge in [-0.15, -0.1) is 0 Å². The molecule has 0 aliphatic rings. The summed E-state index contributed by atoms with van der Waals surface area (Å²) >= 11 is 0. The number of imidazole rings is 1. The summed E-state index contributed by atoms with van der Waals surface area (Å²) in [6.07, 6.45) is 1.29. The number of aromatic hydroxyl groups is 1. The second-order valence-electron chi connectivity index (χ2n) is 7.40. The maximum absolute atomic E-state index is 12.9. The molecule has 8 nitrogen and oxygen atoms in total. The number of fused-ring (bicyclic) bond motifs is 1. The number of benzene rings is 2. The van der Waals surface area contributed by atoms with Crippen molar-refractivity contribution in [1.29, 1.82) is 0 Å². The molecule has 1 amide bonds. The van der Waals surface area contributed by atoms with Crippen molar-refractivity contribution in [1.82, 2.24) is 19.5 Å². The molecule has 0 spiro atoms. The van der Waals surface area contributed by atoms with Crippen LogP contribution in [0.4, 0.5) is 5.82 Å². The summed E-state index contributed by atoms with van der Waals surface area (Å²) in [6, 6.07) is 14.1. The van der Waals surface area contributed by atoms with E-state index >= 15 is 0 Å². The Morgan fingerprint density at radius 3 is 2.70 bits per heavy atom. The van der Waals surface area contributed by atoms with Gasteiger partial charge in [-0.2, -0.15) is 0 Å². The van der Waals surface area contributed by atoms with Gasteiger partial charge in [-0.05, 0) is 36.1 Å². The number of carbonyl (C=O) groups excluding carboxylic acids is 1. The molecular formula is C22H21N5O3. The lowest BCUT2D eigenvalue weighted by atomic mass is 10.0. The Kier molecular flexibility index (Phi) is 5.05. The molecule has 2 heterocycles. The molecule has 0 atom stereocenters. The Bertz CT molecular complexity index is 1290. The van der Waals surface area contributed by atoms with Gasteiger partial charge in [-0.25, -0.2) is 19.3 Å². The van der Waals surface area contributed by atoms with Crippen molar-refractivity contribution in [3.63, 3.8) is 0 Å². The van der Waals surface area contributed by atoms with Gasteiger partial charge >= 0.3 is 5.69 Å². The fraction of sp³-hybridized carbons (Fsp3) is 0.182. The Labute approximate surface area is 172 Å². The second-order valence-corrected chi connectivity index (χ2v) is 7.40. The van der Waals surface area contributed by atoms with Gasteiger partial charge in [-0.1, -0.05) is 44.2 Å². The number of para-hydroxylation sites is 1. The Morgan fingerprint density at radius 1 is 1.17 bits per heavy atom. The standard InChI is InChI=1S/C22H21N5O3/c1-13(2)10-14-6-3-4-9-17(14)27-21-18(24-22(27)30)20(23-12-28)25-19(26-21)15-7-5-8-16(29)11-15/h3-9,11-13,29H,10H2,1-2H3,(H,24,30)(H,23,25,26,28). The monoisotopic (exact) mass is 403 g/mol. The first-order chi connectivity index (χ1) is 14.5. The summed E-state index contributed by atoms with van der Waals surface area (Å²) in [4.78, 5) is 35.8. The van der Waals surface area contributed by atoms with Crippen LogP contribution in [-0.2, 0) is 11.2 Å². The first-order valence-electron chi connectivity index (χ1n) is 9.58. The molecule has 2 aromatic carbocycles. The first-order valence-corrected chi connectivity index (χ1v) is 9.58. The molecular weight excluding hydrogens is 382 g/mol. The maximum Gasteiger partial charge on any atom is 0.332 e. The lowest BCUT2D eigenvalue weighted by Crippen LogP contribution is -2.17. The number of aromatic amines is 1. The number of phenolic OH excluding ortho intramolecular Hbond substituents is 1. The molecule has 152 valence electrons. The third-order valence-electron chi connectivity index (χ3n) is 4.70. The fourth-order valence-corrected chi connectivity index (χ4v) is 3.48. The molecule has 0 fully saturated rings. The van der Waals surface area contributed by atoms with Crippen LogP contribution in [0.25, 0.3) is 28.2 Å². The van der Waals surface area contributed by atoms with Gasteiger partial charge in [-0.3, -0.25) is 4.79 Å². The summed E-state index contributed by atoms with van der Waals surface area (Å²) in [6.45, 7) is 4.23. The number of carbonyl (C=O) groups is 1. The smallest absolute Gasteiger partial charge is 0.332 e. The summed E-state index contributed by atoms with van der Waals surface area (Å²) < 4.78 is 1.50. The zero-order valence-corrected chi connectivity index (χ0v) is 16.6. The average Bonchev–Trinajstić information content (AvgIpc) is 3.04. The number of H-pyrrole nitrogens is 1. The van der Waals surface area contributed by atoms with Crippen molar-refractivity contribution in [3.05, 3.63) is 64.6 Å². The molecule has 0 unspecified atom stereocenters. The summed E-state index contributed by atoms with van der Waals surface area (Å²) in [5, 5.41) is 12.4. The highest BCUT2D eigenvalue weighted by Gasteiger charge is 2.19. The number of phenols is 1. The van der Waals surface area contributed by atoms with Gasteiger partial charge in [0, 0.05) is 5.56 Å². The molecule has 30 heavy (non-hydrogen) atoms. The van der Waals surface area contributed by atoms with E-state index in [1.165, 1.54) is 10.6 Å². The van der Waals surface area contributed by atoms with Crippen LogP contribution in [0, 0.1) is 5.92 Å². The maximum atomic E-state index is 12.9. The molecule has 2 aromatic heterocycles. The van der Waals surface area contributed by atoms with Crippen LogP contribution in [0.15, 0.2) is 53.3 Å². The number of amides is 1. The van der Waals surface area contributed by atoms with E-state index in [-0.39, 0.29) is 23.1 Å². The van der Waals surface area contributed by atoms with Crippen LogP contribution in [0.5, 0.6) is 5.75 Å². The van der Waals surface area contributed by atoms with Crippen molar-refractivity contribution in [2.45, 2.75) is 20.3 Å². The van der Waals surface area contributed by atoms with Gasteiger partial charge in [0.05, 0.1) is 5.69 Å². The van der Waals surface area contributed by atoms with Crippen molar-refractivity contribution < 1.29 is 9.90 Å². The van der Waals surface area contributed by atoms with Gasteiger partial charge < -0.3 is 15.4 Å². The van der Waals surface area contributed by atoms with E-state index in [0.29, 0.717) is 29.1 Å². The fourth-order valence-electron chi connectivity index (χ4n) is 3.48. The normalized spacial score (nSPS) is 11.2. The van der Waals surface area contributed by atoms with E-state index in [4.69, 9.17) is 0 Å². The van der Waals surface area contributed by atoms with Crippen LogP contribution in [-0.4, -0.2) is 31.0 Å². The highest BCUT2D eigenvalue weighted by Crippen LogP contribution is 2.27. The third-order valence-corrected chi connectivity index (χ3v) is 4.70. The molecule has 4 rings (SSSR count). The molecule has 0 aliphatic heterocycles. The number of nitrogens with zero attached hydrogens (tertiary/aromatic N) is 3. The highest BCUT2D eigenvalue weighted by molar-refractivity contribution is 5.90. The summed E-state index contributed by atoms with van der Waals surface area (Å²) in [7, 11) is 0. The SMILES string of the molecule is CC(C)Cc1ccccc1-n1c(=O)[nH]c2c(NC=O)nc(-c3cccc(O)c3)nc21. The molecule has 0 aliphatic carbocycles. The summed E-state index contributed by atoms with van der Waals surface area (Å²) in [5.41, 5.74) is 2.58. The number of anilines is 1. The van der Waals surface area contributed by atoms with Crippen LogP contribution >= 0.6 is 0 Å². The van der Waals surface area contributed by atoms with E-state index in [0.717, 1.165) is 17.7 Å². The minimum Gasteiger partial charge on any atom is -0.508 e. The van der Waals surface area contributed by atoms with E-state index in [1.54, 1.807) is 18.2 Å². The van der Waals surface area contributed by atoms with E-state index in [2.05, 4.69) is 34.1 Å². The van der Waals surface area contributed by atoms with E-state index in [1.807, 2.05) is 24.3 Å². The van der Waals surface area contributed by atoms with Crippen molar-refractivity contribution >= 4 is 23.4 Å². The Morgan fingerprint density at radius 2 is 1.97 bits per heavy atom. The number of hydrogen-bond donors (Lipinski definition) is 3. The first kappa shape index (κ1) is 19.4. The van der Waals surface area contributed by atoms with Crippen molar-refractivity contribution in [3.8, 4) is 22.8 Å². The molecule has 0 bridgehead atoms. The van der Waals surface area contributed by atoms with Gasteiger partial charge in [0.25, 0.3) is 0 Å². The number of aromatic nitrogens is 4. The molecule has 8 heteroatoms. The number of rotatable bonds is 6. The van der Waals surface area contributed by atoms with Crippen molar-refractivity contribution in [2.75, 3.05) is 5.32 Å². The van der Waals surface area contributed by atoms with E-state index in [9.17, 15) is 14.7 Å². The van der Waals surface area contributed by atoms with Gasteiger partial charge in [0.15, 0.2) is 17.3 Å². The lowest BCUT2D eigenvalue weighted by molar-refractivity contribution is -0.105. The minimum absolute atomic E-state index is 0.0647. The second kappa shape index (κ2) is 7.82. The van der Waals surface area contributed by atoms with Crippen LogP contribution < -0.4 is 11.0 Å². The number of nitrogens with one attached hydrogen (secondary N) is 2. The lowest BCUT2D eigenvalue weighted by Gasteiger charge is -2.13. The summed E-state index contributed by atoms with van der Waals surface area (Å²) in [5.74, 6) is 0.925. The predicted molar refractivity (Wildman–Crippen MR) is 115 cm³/mol. The minimum atomic E-state index is -0.377. The van der Waals surface area contributed by atoms with E-state index < -0.39 is 0 Å². The largest absolute Gasteiger partial charge is 0.508 e.